The van der Waals surface area contributed by atoms with Gasteiger partial charge in [-0.05, 0) is 84.7 Å². The number of fused-ring (bicyclic) bond motifs is 1. The van der Waals surface area contributed by atoms with Gasteiger partial charge in [-0.2, -0.15) is 0 Å². The van der Waals surface area contributed by atoms with Crippen molar-refractivity contribution < 1.29 is 29.3 Å². The maximum atomic E-state index is 14.0. The lowest BCUT2D eigenvalue weighted by Crippen LogP contribution is -2.38. The van der Waals surface area contributed by atoms with Gasteiger partial charge in [-0.1, -0.05) is 23.8 Å². The summed E-state index contributed by atoms with van der Waals surface area (Å²) < 4.78 is 14.0. The first-order chi connectivity index (χ1) is 19.3. The molecule has 1 saturated heterocycles. The van der Waals surface area contributed by atoms with E-state index >= 15 is 0 Å². The van der Waals surface area contributed by atoms with Gasteiger partial charge in [0, 0.05) is 17.0 Å². The summed E-state index contributed by atoms with van der Waals surface area (Å²) in [5.41, 5.74) is 3.38. The number of phenols is 1. The number of aromatic nitrogens is 1. The fourth-order valence-electron chi connectivity index (χ4n) is 5.99. The van der Waals surface area contributed by atoms with Crippen molar-refractivity contribution >= 4 is 34.8 Å². The number of nitrogens with zero attached hydrogens (tertiary/aromatic N) is 2. The number of carbonyl (C=O) groups is 2. The number of phenolic OH excluding ortho intramolecular Hbond substituents is 1. The fourth-order valence-corrected chi connectivity index (χ4v) is 6.68. The molecule has 208 valence electrons. The van der Waals surface area contributed by atoms with Gasteiger partial charge in [-0.3, -0.25) is 19.5 Å². The Hall–Kier alpha value is -3.66. The normalized spacial score (nSPS) is 22.1. The van der Waals surface area contributed by atoms with Gasteiger partial charge in [0.1, 0.15) is 0 Å². The molecule has 1 aliphatic heterocycles. The molecule has 0 saturated carbocycles. The molecular weight excluding hydrogens is 531 g/mol. The molecule has 7 nitrogen and oxygen atoms in total. The zero-order chi connectivity index (χ0) is 28.4. The molecule has 1 fully saturated rings. The van der Waals surface area contributed by atoms with Gasteiger partial charge in [0.15, 0.2) is 11.6 Å². The molecule has 0 unspecified atom stereocenters. The molecule has 9 heteroatoms. The van der Waals surface area contributed by atoms with Crippen LogP contribution >= 0.6 is 11.3 Å². The van der Waals surface area contributed by atoms with Crippen molar-refractivity contribution in [1.29, 1.82) is 0 Å². The van der Waals surface area contributed by atoms with Gasteiger partial charge in [0.25, 0.3) is 0 Å². The van der Waals surface area contributed by atoms with Crippen molar-refractivity contribution in [2.75, 3.05) is 6.61 Å². The number of rotatable bonds is 9. The largest absolute Gasteiger partial charge is 0.505 e. The van der Waals surface area contributed by atoms with E-state index in [4.69, 9.17) is 0 Å². The predicted molar refractivity (Wildman–Crippen MR) is 150 cm³/mol. The summed E-state index contributed by atoms with van der Waals surface area (Å²) in [5, 5.41) is 33.3. The van der Waals surface area contributed by atoms with E-state index in [1.807, 2.05) is 36.6 Å². The minimum Gasteiger partial charge on any atom is -0.505 e. The number of pyridine rings is 1. The Bertz CT molecular complexity index is 1450. The zero-order valence-corrected chi connectivity index (χ0v) is 22.9. The quantitative estimate of drug-likeness (QED) is 0.255. The number of carbonyl (C=O) groups excluding carboxylic acids is 2. The number of thiophene rings is 1. The Kier molecular flexibility index (Phi) is 8.25. The number of halogens is 1. The van der Waals surface area contributed by atoms with Crippen molar-refractivity contribution in [3.63, 3.8) is 0 Å². The molecule has 4 atom stereocenters. The summed E-state index contributed by atoms with van der Waals surface area (Å²) >= 11 is 1.48. The number of aromatic hydroxyl groups is 1. The second kappa shape index (κ2) is 11.8. The Balaban J connectivity index is 1.38. The van der Waals surface area contributed by atoms with Crippen molar-refractivity contribution in [2.45, 2.75) is 38.8 Å². The van der Waals surface area contributed by atoms with Crippen LogP contribution in [0.5, 0.6) is 5.75 Å². The first kappa shape index (κ1) is 27.9. The first-order valence-corrected chi connectivity index (χ1v) is 14.1. The molecule has 40 heavy (non-hydrogen) atoms. The van der Waals surface area contributed by atoms with Crippen LogP contribution in [0.25, 0.3) is 11.6 Å². The summed E-state index contributed by atoms with van der Waals surface area (Å²) in [6, 6.07) is 13.3. The minimum absolute atomic E-state index is 0.216. The molecule has 3 heterocycles. The second-order valence-electron chi connectivity index (χ2n) is 10.4. The van der Waals surface area contributed by atoms with Gasteiger partial charge in [-0.15, -0.1) is 11.3 Å². The van der Waals surface area contributed by atoms with Crippen molar-refractivity contribution in [3.8, 4) is 5.75 Å². The lowest BCUT2D eigenvalue weighted by molar-refractivity contribution is -0.140. The van der Waals surface area contributed by atoms with Crippen LogP contribution in [0.15, 0.2) is 71.3 Å². The van der Waals surface area contributed by atoms with E-state index in [1.165, 1.54) is 28.4 Å². The summed E-state index contributed by atoms with van der Waals surface area (Å²) in [6.45, 7) is 1.71. The van der Waals surface area contributed by atoms with Crippen LogP contribution < -0.4 is 0 Å². The first-order valence-electron chi connectivity index (χ1n) is 13.2. The number of amides is 2. The number of benzene rings is 1. The highest BCUT2D eigenvalue weighted by Gasteiger charge is 2.54. The summed E-state index contributed by atoms with van der Waals surface area (Å²) in [5.74, 6) is -3.62. The van der Waals surface area contributed by atoms with Gasteiger partial charge in [0.05, 0.1) is 36.8 Å². The van der Waals surface area contributed by atoms with Crippen LogP contribution in [0.3, 0.4) is 0 Å². The van der Waals surface area contributed by atoms with E-state index in [2.05, 4.69) is 4.98 Å². The Morgan fingerprint density at radius 3 is 2.70 bits per heavy atom. The molecule has 0 radical (unpaired) electrons. The van der Waals surface area contributed by atoms with Crippen molar-refractivity contribution in [3.05, 3.63) is 93.2 Å². The molecule has 5 rings (SSSR count). The van der Waals surface area contributed by atoms with Crippen LogP contribution in [-0.2, 0) is 16.1 Å². The SMILES string of the molecule is CC1=C([C@H](O)CC/C(=C/c2ccc(O)c(F)c2)c2ccccn2)[C@H](CO)[C@@H]2C(=O)N(Cc3cccs3)C(=O)[C@@H]2C1. The third-order valence-corrected chi connectivity index (χ3v) is 8.72. The van der Waals surface area contributed by atoms with Gasteiger partial charge in [-0.25, -0.2) is 4.39 Å². The smallest absolute Gasteiger partial charge is 0.234 e. The molecule has 2 aromatic heterocycles. The third-order valence-electron chi connectivity index (χ3n) is 7.86. The monoisotopic (exact) mass is 562 g/mol. The summed E-state index contributed by atoms with van der Waals surface area (Å²) in [4.78, 5) is 33.3. The Morgan fingerprint density at radius 2 is 2.02 bits per heavy atom. The van der Waals surface area contributed by atoms with Crippen molar-refractivity contribution in [2.24, 2.45) is 17.8 Å². The third kappa shape index (κ3) is 5.50. The number of allylic oxidation sites excluding steroid dienone is 2. The van der Waals surface area contributed by atoms with E-state index in [0.29, 0.717) is 29.7 Å². The fraction of sp³-hybridized carbons (Fsp3) is 0.323. The molecule has 3 aromatic rings. The van der Waals surface area contributed by atoms with Crippen LogP contribution in [-0.4, -0.2) is 49.7 Å². The molecule has 2 amide bonds. The highest BCUT2D eigenvalue weighted by molar-refractivity contribution is 7.09. The molecule has 0 spiro atoms. The zero-order valence-electron chi connectivity index (χ0n) is 22.0. The number of imide groups is 1. The molecular formula is C31H31FN2O5S. The van der Waals surface area contributed by atoms with Crippen molar-refractivity contribution in [1.82, 2.24) is 9.88 Å². The van der Waals surface area contributed by atoms with E-state index in [9.17, 15) is 29.3 Å². The number of aliphatic hydroxyl groups excluding tert-OH is 2. The average molecular weight is 563 g/mol. The maximum absolute atomic E-state index is 14.0. The standard InChI is InChI=1S/C31H31FN2O5S/c1-18-13-22-29(31(39)34(30(22)38)16-21-5-4-12-40-21)23(17-35)28(18)27(37)10-8-20(25-6-2-3-11-33-25)14-19-7-9-26(36)24(32)15-19/h2-7,9,11-12,14-15,22-23,27,29,35-37H,8,10,13,16-17H2,1H3/b20-14-/t22-,23+,27-,29-/m1/s1. The van der Waals surface area contributed by atoms with E-state index in [-0.39, 0.29) is 31.4 Å². The second-order valence-corrected chi connectivity index (χ2v) is 11.4. The maximum Gasteiger partial charge on any atom is 0.234 e. The van der Waals surface area contributed by atoms with Crippen LogP contribution in [0, 0.1) is 23.6 Å². The number of likely N-dealkylation sites (tertiary alicyclic amines) is 1. The lowest BCUT2D eigenvalue weighted by Gasteiger charge is -2.35. The average Bonchev–Trinajstić information content (AvgIpc) is 3.55. The van der Waals surface area contributed by atoms with Gasteiger partial charge < -0.3 is 15.3 Å². The van der Waals surface area contributed by atoms with E-state index in [0.717, 1.165) is 16.0 Å². The van der Waals surface area contributed by atoms with Gasteiger partial charge in [0.2, 0.25) is 11.8 Å². The highest BCUT2D eigenvalue weighted by Crippen LogP contribution is 2.46. The number of aliphatic hydroxyl groups is 2. The number of hydrogen-bond donors (Lipinski definition) is 3. The van der Waals surface area contributed by atoms with Gasteiger partial charge >= 0.3 is 0 Å². The molecule has 0 bridgehead atoms. The van der Waals surface area contributed by atoms with E-state index in [1.54, 1.807) is 24.4 Å². The lowest BCUT2D eigenvalue weighted by atomic mass is 9.68. The minimum atomic E-state index is -0.962. The van der Waals surface area contributed by atoms with Crippen LogP contribution in [0.2, 0.25) is 0 Å². The van der Waals surface area contributed by atoms with E-state index < -0.39 is 35.4 Å². The molecule has 3 N–H and O–H groups in total. The highest BCUT2D eigenvalue weighted by atomic mass is 32.1. The van der Waals surface area contributed by atoms with Crippen LogP contribution in [0.1, 0.15) is 42.3 Å². The predicted octanol–water partition coefficient (Wildman–Crippen LogP) is 4.80. The summed E-state index contributed by atoms with van der Waals surface area (Å²) in [7, 11) is 0. The Morgan fingerprint density at radius 1 is 1.20 bits per heavy atom. The van der Waals surface area contributed by atoms with Crippen LogP contribution in [0.4, 0.5) is 4.39 Å². The summed E-state index contributed by atoms with van der Waals surface area (Å²) in [6.07, 6.45) is 3.45. The number of hydrogen-bond acceptors (Lipinski definition) is 7. The molecule has 1 aromatic carbocycles. The molecule has 1 aliphatic carbocycles. The topological polar surface area (TPSA) is 111 Å². The Labute approximate surface area is 235 Å². The molecule has 2 aliphatic rings.